The molecule has 1 amide bonds. The van der Waals surface area contributed by atoms with Crippen molar-refractivity contribution in [2.24, 2.45) is 5.92 Å². The second kappa shape index (κ2) is 9.23. The van der Waals surface area contributed by atoms with Crippen LogP contribution in [0.5, 0.6) is 0 Å². The Hall–Kier alpha value is -1.35. The number of nitrogens with zero attached hydrogens (tertiary/aromatic N) is 2. The Kier molecular flexibility index (Phi) is 7.50. The molecule has 9 heteroatoms. The van der Waals surface area contributed by atoms with Crippen LogP contribution < -0.4 is 0 Å². The first-order chi connectivity index (χ1) is 12.6. The van der Waals surface area contributed by atoms with Crippen molar-refractivity contribution in [1.29, 1.82) is 0 Å². The minimum atomic E-state index is -5.08. The lowest BCUT2D eigenvalue weighted by atomic mass is 9.86. The van der Waals surface area contributed by atoms with Gasteiger partial charge in [-0.2, -0.15) is 13.2 Å². The molecule has 1 spiro atoms. The highest BCUT2D eigenvalue weighted by Crippen LogP contribution is 2.31. The number of morpholine rings is 1. The number of carboxylic acids is 1. The topological polar surface area (TPSA) is 70.1 Å². The molecule has 0 bridgehead atoms. The quantitative estimate of drug-likeness (QED) is 0.740. The van der Waals surface area contributed by atoms with Crippen LogP contribution in [0, 0.1) is 5.92 Å². The first-order valence-corrected chi connectivity index (χ1v) is 9.54. The van der Waals surface area contributed by atoms with E-state index in [1.54, 1.807) is 0 Å². The number of carbonyl (C=O) groups excluding carboxylic acids is 1. The molecule has 1 atom stereocenters. The van der Waals surface area contributed by atoms with Gasteiger partial charge in [0.1, 0.15) is 0 Å². The summed E-state index contributed by atoms with van der Waals surface area (Å²) in [5.41, 5.74) is -0.0877. The number of hydrogen-bond donors (Lipinski definition) is 1. The van der Waals surface area contributed by atoms with Gasteiger partial charge in [-0.1, -0.05) is 19.3 Å². The molecular formula is C18H29F3N2O4. The molecule has 156 valence electrons. The van der Waals surface area contributed by atoms with Crippen molar-refractivity contribution in [3.8, 4) is 0 Å². The molecule has 1 unspecified atom stereocenters. The maximum absolute atomic E-state index is 12.7. The van der Waals surface area contributed by atoms with Crippen LogP contribution in [0.25, 0.3) is 0 Å². The summed E-state index contributed by atoms with van der Waals surface area (Å²) in [6.07, 6.45) is 3.08. The summed E-state index contributed by atoms with van der Waals surface area (Å²) in [7, 11) is 2.16. The third-order valence-electron chi connectivity index (χ3n) is 5.49. The largest absolute Gasteiger partial charge is 0.490 e. The summed E-state index contributed by atoms with van der Waals surface area (Å²) < 4.78 is 37.8. The number of hydrogen-bond acceptors (Lipinski definition) is 4. The van der Waals surface area contributed by atoms with Gasteiger partial charge >= 0.3 is 12.1 Å². The van der Waals surface area contributed by atoms with Gasteiger partial charge in [0.2, 0.25) is 5.91 Å². The molecule has 1 saturated carbocycles. The van der Waals surface area contributed by atoms with Crippen molar-refractivity contribution in [2.75, 3.05) is 39.8 Å². The van der Waals surface area contributed by atoms with Crippen molar-refractivity contribution in [1.82, 2.24) is 9.80 Å². The molecule has 27 heavy (non-hydrogen) atoms. The van der Waals surface area contributed by atoms with Gasteiger partial charge < -0.3 is 19.6 Å². The van der Waals surface area contributed by atoms with E-state index in [0.717, 1.165) is 58.5 Å². The average molecular weight is 394 g/mol. The number of aliphatic carboxylic acids is 1. The number of halogens is 3. The van der Waals surface area contributed by atoms with E-state index in [1.807, 2.05) is 0 Å². The second-order valence-corrected chi connectivity index (χ2v) is 7.77. The molecule has 3 aliphatic rings. The van der Waals surface area contributed by atoms with Crippen molar-refractivity contribution in [3.63, 3.8) is 0 Å². The highest BCUT2D eigenvalue weighted by Gasteiger charge is 2.42. The third kappa shape index (κ3) is 6.34. The molecule has 3 fully saturated rings. The zero-order valence-electron chi connectivity index (χ0n) is 15.8. The minimum absolute atomic E-state index is 0.0877. The predicted molar refractivity (Wildman–Crippen MR) is 92.3 cm³/mol. The fourth-order valence-electron chi connectivity index (χ4n) is 4.18. The molecule has 1 N–H and O–H groups in total. The second-order valence-electron chi connectivity index (χ2n) is 7.77. The Morgan fingerprint density at radius 1 is 1.07 bits per heavy atom. The number of ether oxygens (including phenoxy) is 1. The van der Waals surface area contributed by atoms with Crippen LogP contribution in [0.4, 0.5) is 13.2 Å². The molecule has 0 aromatic rings. The first kappa shape index (κ1) is 21.9. The molecule has 0 aromatic carbocycles. The molecule has 2 heterocycles. The fourth-order valence-corrected chi connectivity index (χ4v) is 4.18. The number of carboxylic acid groups (broad SMARTS) is 1. The van der Waals surface area contributed by atoms with Crippen LogP contribution in [-0.4, -0.2) is 78.4 Å². The lowest BCUT2D eigenvalue weighted by Gasteiger charge is -2.48. The van der Waals surface area contributed by atoms with E-state index in [4.69, 9.17) is 14.6 Å². The Bertz CT molecular complexity index is 519. The average Bonchev–Trinajstić information content (AvgIpc) is 2.61. The van der Waals surface area contributed by atoms with Gasteiger partial charge in [0, 0.05) is 25.6 Å². The van der Waals surface area contributed by atoms with Crippen LogP contribution in [-0.2, 0) is 14.3 Å². The molecule has 2 saturated heterocycles. The van der Waals surface area contributed by atoms with E-state index in [9.17, 15) is 18.0 Å². The highest BCUT2D eigenvalue weighted by molar-refractivity contribution is 5.79. The lowest BCUT2D eigenvalue weighted by molar-refractivity contribution is -0.192. The number of likely N-dealkylation sites (tertiary alicyclic amines) is 1. The van der Waals surface area contributed by atoms with Crippen LogP contribution in [0.15, 0.2) is 0 Å². The number of carbonyl (C=O) groups is 2. The van der Waals surface area contributed by atoms with Crippen LogP contribution >= 0.6 is 0 Å². The van der Waals surface area contributed by atoms with E-state index >= 15 is 0 Å². The van der Waals surface area contributed by atoms with Crippen LogP contribution in [0.2, 0.25) is 0 Å². The Morgan fingerprint density at radius 2 is 1.70 bits per heavy atom. The highest BCUT2D eigenvalue weighted by atomic mass is 19.4. The van der Waals surface area contributed by atoms with E-state index < -0.39 is 12.1 Å². The van der Waals surface area contributed by atoms with Gasteiger partial charge in [-0.25, -0.2) is 4.79 Å². The smallest absolute Gasteiger partial charge is 0.475 e. The molecular weight excluding hydrogens is 365 g/mol. The molecule has 1 aliphatic carbocycles. The molecule has 6 nitrogen and oxygen atoms in total. The first-order valence-electron chi connectivity index (χ1n) is 9.54. The van der Waals surface area contributed by atoms with Crippen molar-refractivity contribution in [3.05, 3.63) is 0 Å². The van der Waals surface area contributed by atoms with Gasteiger partial charge in [0.15, 0.2) is 0 Å². The number of likely N-dealkylation sites (N-methyl/N-ethyl adjacent to an activating group) is 1. The molecule has 0 radical (unpaired) electrons. The van der Waals surface area contributed by atoms with Crippen molar-refractivity contribution in [2.45, 2.75) is 56.7 Å². The lowest BCUT2D eigenvalue weighted by Crippen LogP contribution is -2.60. The van der Waals surface area contributed by atoms with Gasteiger partial charge in [-0.05, 0) is 32.7 Å². The summed E-state index contributed by atoms with van der Waals surface area (Å²) in [6.45, 7) is 4.54. The van der Waals surface area contributed by atoms with Crippen molar-refractivity contribution >= 4 is 11.9 Å². The van der Waals surface area contributed by atoms with Gasteiger partial charge in [-0.15, -0.1) is 0 Å². The molecule has 0 aromatic heterocycles. The monoisotopic (exact) mass is 394 g/mol. The number of amides is 1. The zero-order chi connectivity index (χ0) is 20.1. The van der Waals surface area contributed by atoms with Gasteiger partial charge in [0.25, 0.3) is 0 Å². The molecule has 2 aliphatic heterocycles. The Morgan fingerprint density at radius 3 is 2.26 bits per heavy atom. The summed E-state index contributed by atoms with van der Waals surface area (Å²) >= 11 is 0. The van der Waals surface area contributed by atoms with Crippen LogP contribution in [0.3, 0.4) is 0 Å². The van der Waals surface area contributed by atoms with E-state index in [2.05, 4.69) is 16.8 Å². The zero-order valence-corrected chi connectivity index (χ0v) is 15.8. The summed E-state index contributed by atoms with van der Waals surface area (Å²) in [5, 5.41) is 7.12. The Labute approximate surface area is 157 Å². The van der Waals surface area contributed by atoms with E-state index in [-0.39, 0.29) is 5.60 Å². The normalized spacial score (nSPS) is 27.8. The fraction of sp³-hybridized carbons (Fsp3) is 0.889. The standard InChI is InChI=1S/C16H28N2O2.C2HF3O2/c1-17-10-11-20-16(12-17)8-5-9-18(13-16)15(19)14-6-3-2-4-7-14;3-2(4,5)1(6)7/h14H,2-13H2,1H3;(H,6,7). The van der Waals surface area contributed by atoms with E-state index in [1.165, 1.54) is 19.3 Å². The Balaban J connectivity index is 0.000000321. The number of piperidine rings is 1. The van der Waals surface area contributed by atoms with E-state index in [0.29, 0.717) is 11.8 Å². The minimum Gasteiger partial charge on any atom is -0.475 e. The summed E-state index contributed by atoms with van der Waals surface area (Å²) in [6, 6.07) is 0. The number of alkyl halides is 3. The molecule has 3 rings (SSSR count). The summed E-state index contributed by atoms with van der Waals surface area (Å²) in [5.74, 6) is -2.06. The van der Waals surface area contributed by atoms with Gasteiger partial charge in [-0.3, -0.25) is 4.79 Å². The van der Waals surface area contributed by atoms with Crippen molar-refractivity contribution < 1.29 is 32.6 Å². The maximum Gasteiger partial charge on any atom is 0.490 e. The third-order valence-corrected chi connectivity index (χ3v) is 5.49. The number of rotatable bonds is 1. The van der Waals surface area contributed by atoms with Crippen LogP contribution in [0.1, 0.15) is 44.9 Å². The maximum atomic E-state index is 12.7. The summed E-state index contributed by atoms with van der Waals surface area (Å²) in [4.78, 5) is 26.1. The predicted octanol–water partition coefficient (Wildman–Crippen LogP) is 2.52. The van der Waals surface area contributed by atoms with Gasteiger partial charge in [0.05, 0.1) is 18.8 Å². The SMILES string of the molecule is CN1CCOC2(CCCN(C(=O)C3CCCCC3)C2)C1.O=C(O)C(F)(F)F.